The van der Waals surface area contributed by atoms with Crippen molar-refractivity contribution in [3.8, 4) is 0 Å². The van der Waals surface area contributed by atoms with Crippen LogP contribution in [-0.2, 0) is 0 Å². The maximum Gasteiger partial charge on any atom is 0.251 e. The third kappa shape index (κ3) is 4.28. The molecule has 2 rings (SSSR count). The topological polar surface area (TPSA) is 75.4 Å². The Bertz CT molecular complexity index is 581. The van der Waals surface area contributed by atoms with Gasteiger partial charge in [-0.1, -0.05) is 6.42 Å². The molecule has 6 heteroatoms. The van der Waals surface area contributed by atoms with E-state index in [2.05, 4.69) is 24.1 Å². The predicted octanol–water partition coefficient (Wildman–Crippen LogP) is 1.92. The number of benzene rings is 1. The lowest BCUT2D eigenvalue weighted by Gasteiger charge is -2.39. The SMILES string of the molecule is CC1CCCC(C)N1CCNC(=O)c1ccc(F)c(C(N)=O)c1. The molecule has 2 amide bonds. The van der Waals surface area contributed by atoms with E-state index < -0.39 is 11.7 Å². The van der Waals surface area contributed by atoms with Gasteiger partial charge in [0.1, 0.15) is 5.82 Å². The molecule has 2 atom stereocenters. The summed E-state index contributed by atoms with van der Waals surface area (Å²) in [6.45, 7) is 5.70. The zero-order valence-corrected chi connectivity index (χ0v) is 13.6. The van der Waals surface area contributed by atoms with E-state index in [-0.39, 0.29) is 17.0 Å². The fourth-order valence-electron chi connectivity index (χ4n) is 3.17. The van der Waals surface area contributed by atoms with Crippen LogP contribution in [0.5, 0.6) is 0 Å². The highest BCUT2D eigenvalue weighted by Gasteiger charge is 2.24. The van der Waals surface area contributed by atoms with Gasteiger partial charge < -0.3 is 11.1 Å². The molecule has 1 aliphatic heterocycles. The Kier molecular flexibility index (Phi) is 5.71. The molecule has 3 N–H and O–H groups in total. The molecule has 5 nitrogen and oxygen atoms in total. The number of amides is 2. The molecular formula is C17H24FN3O2. The first-order valence-corrected chi connectivity index (χ1v) is 8.03. The first kappa shape index (κ1) is 17.4. The number of nitrogens with two attached hydrogens (primary N) is 1. The van der Waals surface area contributed by atoms with Crippen LogP contribution in [0.25, 0.3) is 0 Å². The van der Waals surface area contributed by atoms with E-state index in [4.69, 9.17) is 5.73 Å². The number of hydrogen-bond acceptors (Lipinski definition) is 3. The average Bonchev–Trinajstić information content (AvgIpc) is 2.50. The number of nitrogens with zero attached hydrogens (tertiary/aromatic N) is 1. The van der Waals surface area contributed by atoms with Gasteiger partial charge in [-0.15, -0.1) is 0 Å². The summed E-state index contributed by atoms with van der Waals surface area (Å²) in [6.07, 6.45) is 3.60. The van der Waals surface area contributed by atoms with Crippen molar-refractivity contribution in [1.82, 2.24) is 10.2 Å². The summed E-state index contributed by atoms with van der Waals surface area (Å²) in [6, 6.07) is 4.66. The molecule has 2 unspecified atom stereocenters. The molecule has 1 aliphatic rings. The van der Waals surface area contributed by atoms with Crippen LogP contribution in [0.1, 0.15) is 53.8 Å². The predicted molar refractivity (Wildman–Crippen MR) is 86.7 cm³/mol. The summed E-state index contributed by atoms with van der Waals surface area (Å²) in [5, 5.41) is 2.82. The molecule has 0 radical (unpaired) electrons. The zero-order chi connectivity index (χ0) is 17.0. The molecule has 126 valence electrons. The van der Waals surface area contributed by atoms with Gasteiger partial charge in [0.05, 0.1) is 5.56 Å². The third-order valence-electron chi connectivity index (χ3n) is 4.53. The number of rotatable bonds is 5. The van der Waals surface area contributed by atoms with Gasteiger partial charge >= 0.3 is 0 Å². The van der Waals surface area contributed by atoms with E-state index in [1.165, 1.54) is 31.4 Å². The highest BCUT2D eigenvalue weighted by atomic mass is 19.1. The van der Waals surface area contributed by atoms with E-state index in [0.29, 0.717) is 18.6 Å². The Balaban J connectivity index is 1.92. The minimum Gasteiger partial charge on any atom is -0.366 e. The molecular weight excluding hydrogens is 297 g/mol. The molecule has 1 heterocycles. The summed E-state index contributed by atoms with van der Waals surface area (Å²) >= 11 is 0. The van der Waals surface area contributed by atoms with Gasteiger partial charge in [-0.05, 0) is 44.9 Å². The molecule has 1 fully saturated rings. The second kappa shape index (κ2) is 7.55. The van der Waals surface area contributed by atoms with Gasteiger partial charge in [0.15, 0.2) is 0 Å². The van der Waals surface area contributed by atoms with Gasteiger partial charge in [0.25, 0.3) is 11.8 Å². The van der Waals surface area contributed by atoms with Crippen molar-refractivity contribution in [2.75, 3.05) is 13.1 Å². The van der Waals surface area contributed by atoms with Crippen molar-refractivity contribution in [2.45, 2.75) is 45.2 Å². The minimum atomic E-state index is -0.881. The Morgan fingerprint density at radius 2 is 1.96 bits per heavy atom. The van der Waals surface area contributed by atoms with Gasteiger partial charge in [-0.25, -0.2) is 4.39 Å². The van der Waals surface area contributed by atoms with Gasteiger partial charge in [-0.2, -0.15) is 0 Å². The number of halogens is 1. The maximum atomic E-state index is 13.4. The van der Waals surface area contributed by atoms with E-state index >= 15 is 0 Å². The minimum absolute atomic E-state index is 0.236. The lowest BCUT2D eigenvalue weighted by molar-refractivity contribution is 0.0889. The summed E-state index contributed by atoms with van der Waals surface area (Å²) in [5.74, 6) is -1.93. The van der Waals surface area contributed by atoms with E-state index in [0.717, 1.165) is 12.6 Å². The molecule has 1 aromatic carbocycles. The molecule has 0 spiro atoms. The van der Waals surface area contributed by atoms with Crippen LogP contribution in [0.2, 0.25) is 0 Å². The van der Waals surface area contributed by atoms with Crippen molar-refractivity contribution in [3.63, 3.8) is 0 Å². The fraction of sp³-hybridized carbons (Fsp3) is 0.529. The highest BCUT2D eigenvalue weighted by molar-refractivity contribution is 5.99. The largest absolute Gasteiger partial charge is 0.366 e. The third-order valence-corrected chi connectivity index (χ3v) is 4.53. The van der Waals surface area contributed by atoms with Crippen molar-refractivity contribution >= 4 is 11.8 Å². The standard InChI is InChI=1S/C17H24FN3O2/c1-11-4-3-5-12(2)21(11)9-8-20-17(23)13-6-7-15(18)14(10-13)16(19)22/h6-7,10-12H,3-5,8-9H2,1-2H3,(H2,19,22)(H,20,23). The number of carbonyl (C=O) groups excluding carboxylic acids is 2. The monoisotopic (exact) mass is 321 g/mol. The number of likely N-dealkylation sites (tertiary alicyclic amines) is 1. The van der Waals surface area contributed by atoms with Gasteiger partial charge in [0.2, 0.25) is 0 Å². The highest BCUT2D eigenvalue weighted by Crippen LogP contribution is 2.21. The second-order valence-corrected chi connectivity index (χ2v) is 6.18. The van der Waals surface area contributed by atoms with Crippen LogP contribution in [0.15, 0.2) is 18.2 Å². The van der Waals surface area contributed by atoms with E-state index in [9.17, 15) is 14.0 Å². The molecule has 23 heavy (non-hydrogen) atoms. The quantitative estimate of drug-likeness (QED) is 0.870. The van der Waals surface area contributed by atoms with Crippen LogP contribution in [0.4, 0.5) is 4.39 Å². The second-order valence-electron chi connectivity index (χ2n) is 6.18. The van der Waals surface area contributed by atoms with Crippen LogP contribution in [-0.4, -0.2) is 41.9 Å². The van der Waals surface area contributed by atoms with Crippen molar-refractivity contribution in [2.24, 2.45) is 5.73 Å². The fourth-order valence-corrected chi connectivity index (χ4v) is 3.17. The molecule has 0 saturated carbocycles. The van der Waals surface area contributed by atoms with Crippen molar-refractivity contribution in [1.29, 1.82) is 0 Å². The average molecular weight is 321 g/mol. The van der Waals surface area contributed by atoms with Crippen LogP contribution >= 0.6 is 0 Å². The lowest BCUT2D eigenvalue weighted by atomic mass is 9.98. The molecule has 0 aromatic heterocycles. The Morgan fingerprint density at radius 3 is 2.57 bits per heavy atom. The summed E-state index contributed by atoms with van der Waals surface area (Å²) < 4.78 is 13.4. The smallest absolute Gasteiger partial charge is 0.251 e. The Hall–Kier alpha value is -1.95. The molecule has 0 aliphatic carbocycles. The summed E-state index contributed by atoms with van der Waals surface area (Å²) in [5.41, 5.74) is 5.06. The molecule has 0 bridgehead atoms. The van der Waals surface area contributed by atoms with Crippen molar-refractivity contribution < 1.29 is 14.0 Å². The van der Waals surface area contributed by atoms with Crippen LogP contribution in [0, 0.1) is 5.82 Å². The van der Waals surface area contributed by atoms with Gasteiger partial charge in [0, 0.05) is 30.7 Å². The molecule has 1 aromatic rings. The first-order valence-electron chi connectivity index (χ1n) is 8.03. The summed E-state index contributed by atoms with van der Waals surface area (Å²) in [4.78, 5) is 25.7. The van der Waals surface area contributed by atoms with Gasteiger partial charge in [-0.3, -0.25) is 14.5 Å². The first-order chi connectivity index (χ1) is 10.9. The van der Waals surface area contributed by atoms with Crippen molar-refractivity contribution in [3.05, 3.63) is 35.1 Å². The number of piperidine rings is 1. The van der Waals surface area contributed by atoms with E-state index in [1.54, 1.807) is 0 Å². The Morgan fingerprint density at radius 1 is 1.30 bits per heavy atom. The Labute approximate surface area is 136 Å². The maximum absolute atomic E-state index is 13.4. The lowest BCUT2D eigenvalue weighted by Crippen LogP contribution is -2.47. The van der Waals surface area contributed by atoms with E-state index in [1.807, 2.05) is 0 Å². The number of primary amides is 1. The van der Waals surface area contributed by atoms with Crippen LogP contribution < -0.4 is 11.1 Å². The zero-order valence-electron chi connectivity index (χ0n) is 13.6. The molecule has 1 saturated heterocycles. The number of nitrogens with one attached hydrogen (secondary N) is 1. The van der Waals surface area contributed by atoms with Crippen LogP contribution in [0.3, 0.4) is 0 Å². The summed E-state index contributed by atoms with van der Waals surface area (Å²) in [7, 11) is 0. The normalized spacial score (nSPS) is 21.9. The number of carbonyl (C=O) groups is 2. The number of hydrogen-bond donors (Lipinski definition) is 2.